The van der Waals surface area contributed by atoms with E-state index in [4.69, 9.17) is 0 Å². The molecule has 2 aliphatic heterocycles. The van der Waals surface area contributed by atoms with Crippen LogP contribution in [-0.4, -0.2) is 45.4 Å². The largest absolute Gasteiger partial charge is 0.339 e. The molecule has 156 valence electrons. The Hall–Kier alpha value is -1.89. The second kappa shape index (κ2) is 8.86. The fourth-order valence-corrected chi connectivity index (χ4v) is 5.75. The molecule has 0 atom stereocenters. The Morgan fingerprint density at radius 1 is 0.966 bits per heavy atom. The highest BCUT2D eigenvalue weighted by Gasteiger charge is 2.38. The molecular weight excluding hydrogens is 408 g/mol. The van der Waals surface area contributed by atoms with Gasteiger partial charge in [-0.05, 0) is 55.0 Å². The van der Waals surface area contributed by atoms with Crippen LogP contribution in [0.2, 0.25) is 0 Å². The van der Waals surface area contributed by atoms with Crippen molar-refractivity contribution < 1.29 is 13.2 Å². The van der Waals surface area contributed by atoms with E-state index >= 15 is 0 Å². The third-order valence-corrected chi connectivity index (χ3v) is 7.82. The normalized spacial score (nSPS) is 18.4. The number of rotatable bonds is 4. The number of benzene rings is 2. The number of hydrogen-bond acceptors (Lipinski definition) is 4. The average molecular weight is 435 g/mol. The van der Waals surface area contributed by atoms with Crippen LogP contribution < -0.4 is 5.32 Å². The Kier molecular flexibility index (Phi) is 6.66. The highest BCUT2D eigenvalue weighted by Crippen LogP contribution is 2.37. The highest BCUT2D eigenvalue weighted by molar-refractivity contribution is 7.90. The first-order chi connectivity index (χ1) is 13.5. The maximum absolute atomic E-state index is 13.2. The number of hydrogen-bond donors (Lipinski definition) is 1. The van der Waals surface area contributed by atoms with E-state index in [-0.39, 0.29) is 29.0 Å². The fourth-order valence-electron chi connectivity index (χ4n) is 4.35. The average Bonchev–Trinajstić information content (AvgIpc) is 3.17. The Morgan fingerprint density at radius 2 is 1.62 bits per heavy atom. The van der Waals surface area contributed by atoms with Crippen LogP contribution in [0, 0.1) is 5.41 Å². The van der Waals surface area contributed by atoms with E-state index in [9.17, 15) is 13.2 Å². The molecule has 0 aliphatic carbocycles. The summed E-state index contributed by atoms with van der Waals surface area (Å²) in [5.74, 6) is -0.222. The van der Waals surface area contributed by atoms with Gasteiger partial charge in [-0.2, -0.15) is 0 Å². The molecule has 1 N–H and O–H groups in total. The number of nitrogens with zero attached hydrogens (tertiary/aromatic N) is 1. The Bertz CT molecular complexity index is 947. The molecule has 0 aromatic heterocycles. The van der Waals surface area contributed by atoms with Crippen molar-refractivity contribution >= 4 is 28.2 Å². The van der Waals surface area contributed by atoms with Crippen molar-refractivity contribution in [3.63, 3.8) is 0 Å². The minimum atomic E-state index is -3.50. The van der Waals surface area contributed by atoms with Crippen molar-refractivity contribution in [3.05, 3.63) is 65.7 Å². The summed E-state index contributed by atoms with van der Waals surface area (Å²) in [4.78, 5) is 15.3. The number of nitrogens with one attached hydrogen (secondary N) is 1. The van der Waals surface area contributed by atoms with Gasteiger partial charge < -0.3 is 10.2 Å². The number of piperidine rings is 1. The van der Waals surface area contributed by atoms with Gasteiger partial charge in [0.25, 0.3) is 5.91 Å². The van der Waals surface area contributed by atoms with Crippen molar-refractivity contribution in [3.8, 4) is 0 Å². The Morgan fingerprint density at radius 3 is 2.28 bits per heavy atom. The third-order valence-electron chi connectivity index (χ3n) is 6.14. The predicted molar refractivity (Wildman–Crippen MR) is 116 cm³/mol. The maximum atomic E-state index is 13.2. The van der Waals surface area contributed by atoms with Crippen molar-refractivity contribution in [2.24, 2.45) is 5.41 Å². The molecule has 1 amide bonds. The van der Waals surface area contributed by atoms with Gasteiger partial charge in [0, 0.05) is 25.2 Å². The smallest absolute Gasteiger partial charge is 0.254 e. The van der Waals surface area contributed by atoms with Gasteiger partial charge in [-0.1, -0.05) is 36.4 Å². The molecule has 4 rings (SSSR count). The lowest BCUT2D eigenvalue weighted by Gasteiger charge is -2.39. The van der Waals surface area contributed by atoms with Crippen molar-refractivity contribution in [2.45, 2.75) is 29.9 Å². The molecule has 29 heavy (non-hydrogen) atoms. The second-order valence-electron chi connectivity index (χ2n) is 7.95. The standard InChI is InChI=1S/C22H26N2O3S.ClH/c25-21(24-14-11-22(12-15-24)10-13-23-17-22)20-9-5-4-6-18(20)16-28(26,27)19-7-2-1-3-8-19;/h1-9,23H,10-17H2;1H. The minimum absolute atomic E-state index is 0. The molecule has 2 heterocycles. The zero-order valence-electron chi connectivity index (χ0n) is 16.3. The van der Waals surface area contributed by atoms with Crippen LogP contribution in [0.4, 0.5) is 0 Å². The quantitative estimate of drug-likeness (QED) is 0.801. The molecule has 2 aliphatic rings. The molecule has 7 heteroatoms. The van der Waals surface area contributed by atoms with E-state index in [0.29, 0.717) is 16.5 Å². The molecular formula is C22H27ClN2O3S. The number of halogens is 1. The topological polar surface area (TPSA) is 66.5 Å². The van der Waals surface area contributed by atoms with Crippen LogP contribution in [0.15, 0.2) is 59.5 Å². The first kappa shape index (κ1) is 21.8. The van der Waals surface area contributed by atoms with Gasteiger partial charge >= 0.3 is 0 Å². The van der Waals surface area contributed by atoms with Crippen molar-refractivity contribution in [1.82, 2.24) is 10.2 Å². The van der Waals surface area contributed by atoms with Gasteiger partial charge in [0.05, 0.1) is 10.6 Å². The zero-order valence-corrected chi connectivity index (χ0v) is 18.0. The Labute approximate surface area is 178 Å². The number of amides is 1. The first-order valence-electron chi connectivity index (χ1n) is 9.85. The fraction of sp³-hybridized carbons (Fsp3) is 0.409. The first-order valence-corrected chi connectivity index (χ1v) is 11.5. The van der Waals surface area contributed by atoms with Gasteiger partial charge in [-0.15, -0.1) is 12.4 Å². The van der Waals surface area contributed by atoms with E-state index in [0.717, 1.165) is 39.0 Å². The van der Waals surface area contributed by atoms with E-state index in [2.05, 4.69) is 5.32 Å². The van der Waals surface area contributed by atoms with Gasteiger partial charge in [0.2, 0.25) is 0 Å². The van der Waals surface area contributed by atoms with E-state index in [1.165, 1.54) is 6.42 Å². The van der Waals surface area contributed by atoms with Gasteiger partial charge in [0.15, 0.2) is 9.84 Å². The molecule has 2 saturated heterocycles. The lowest BCUT2D eigenvalue weighted by molar-refractivity contribution is 0.0607. The predicted octanol–water partition coefficient (Wildman–Crippen LogP) is 3.30. The van der Waals surface area contributed by atoms with E-state index in [1.54, 1.807) is 54.6 Å². The summed E-state index contributed by atoms with van der Waals surface area (Å²) in [5, 5.41) is 3.44. The van der Waals surface area contributed by atoms with E-state index in [1.807, 2.05) is 4.90 Å². The third kappa shape index (κ3) is 4.65. The summed E-state index contributed by atoms with van der Waals surface area (Å²) in [6.45, 7) is 3.58. The number of carbonyl (C=O) groups is 1. The number of carbonyl (C=O) groups excluding carboxylic acids is 1. The Balaban J connectivity index is 0.00000240. The minimum Gasteiger partial charge on any atom is -0.339 e. The summed E-state index contributed by atoms with van der Waals surface area (Å²) < 4.78 is 25.6. The molecule has 1 spiro atoms. The lowest BCUT2D eigenvalue weighted by atomic mass is 9.77. The molecule has 2 fully saturated rings. The lowest BCUT2D eigenvalue weighted by Crippen LogP contribution is -2.44. The highest BCUT2D eigenvalue weighted by atomic mass is 35.5. The summed E-state index contributed by atoms with van der Waals surface area (Å²) in [6, 6.07) is 15.5. The van der Waals surface area contributed by atoms with Crippen molar-refractivity contribution in [2.75, 3.05) is 26.2 Å². The second-order valence-corrected chi connectivity index (χ2v) is 9.94. The summed E-state index contributed by atoms with van der Waals surface area (Å²) in [7, 11) is -3.50. The maximum Gasteiger partial charge on any atom is 0.254 e. The van der Waals surface area contributed by atoms with Crippen LogP contribution >= 0.6 is 12.4 Å². The molecule has 2 aromatic carbocycles. The molecule has 2 aromatic rings. The van der Waals surface area contributed by atoms with Gasteiger partial charge in [-0.25, -0.2) is 8.42 Å². The molecule has 0 unspecified atom stereocenters. The molecule has 5 nitrogen and oxygen atoms in total. The summed E-state index contributed by atoms with van der Waals surface area (Å²) in [5.41, 5.74) is 1.41. The summed E-state index contributed by atoms with van der Waals surface area (Å²) in [6.07, 6.45) is 3.20. The number of sulfone groups is 1. The van der Waals surface area contributed by atoms with Gasteiger partial charge in [0.1, 0.15) is 0 Å². The molecule has 0 bridgehead atoms. The van der Waals surface area contributed by atoms with Crippen molar-refractivity contribution in [1.29, 1.82) is 0 Å². The van der Waals surface area contributed by atoms with Crippen LogP contribution in [-0.2, 0) is 15.6 Å². The monoisotopic (exact) mass is 434 g/mol. The molecule has 0 radical (unpaired) electrons. The van der Waals surface area contributed by atoms with Crippen LogP contribution in [0.3, 0.4) is 0 Å². The van der Waals surface area contributed by atoms with Crippen LogP contribution in [0.25, 0.3) is 0 Å². The number of likely N-dealkylation sites (tertiary alicyclic amines) is 1. The van der Waals surface area contributed by atoms with Gasteiger partial charge in [-0.3, -0.25) is 4.79 Å². The van der Waals surface area contributed by atoms with E-state index < -0.39 is 9.84 Å². The zero-order chi connectivity index (χ0) is 19.6. The SMILES string of the molecule is Cl.O=C(c1ccccc1CS(=O)(=O)c1ccccc1)N1CCC2(CCNC2)CC1. The molecule has 0 saturated carbocycles. The summed E-state index contributed by atoms with van der Waals surface area (Å²) >= 11 is 0. The van der Waals surface area contributed by atoms with Crippen LogP contribution in [0.1, 0.15) is 35.2 Å². The van der Waals surface area contributed by atoms with Crippen LogP contribution in [0.5, 0.6) is 0 Å².